The lowest BCUT2D eigenvalue weighted by Gasteiger charge is -2.17. The lowest BCUT2D eigenvalue weighted by Crippen LogP contribution is -2.07. The van der Waals surface area contributed by atoms with Crippen LogP contribution in [0, 0.1) is 3.57 Å². The van der Waals surface area contributed by atoms with Crippen LogP contribution < -0.4 is 11.0 Å². The van der Waals surface area contributed by atoms with E-state index in [4.69, 9.17) is 11.6 Å². The summed E-state index contributed by atoms with van der Waals surface area (Å²) >= 11 is 8.23. The van der Waals surface area contributed by atoms with Gasteiger partial charge in [0.2, 0.25) is 0 Å². The van der Waals surface area contributed by atoms with Gasteiger partial charge < -0.3 is 15.3 Å². The Kier molecular flexibility index (Phi) is 3.95. The predicted molar refractivity (Wildman–Crippen MR) is 95.1 cm³/mol. The van der Waals surface area contributed by atoms with Crippen LogP contribution in [-0.4, -0.2) is 9.97 Å². The molecule has 0 bridgehead atoms. The molecule has 1 unspecified atom stereocenters. The smallest absolute Gasteiger partial charge is 0.323 e. The molecular weight excluding hydrogens is 401 g/mol. The van der Waals surface area contributed by atoms with E-state index in [1.54, 1.807) is 0 Å². The SMILES string of the molecule is CC(Nc1ccc(Cl)cc1I)c1ccc2[nH]c(=O)[nH]c2c1. The Labute approximate surface area is 140 Å². The fourth-order valence-electron chi connectivity index (χ4n) is 2.24. The molecule has 0 amide bonds. The molecule has 0 saturated heterocycles. The van der Waals surface area contributed by atoms with Crippen molar-refractivity contribution in [3.05, 3.63) is 61.0 Å². The average Bonchev–Trinajstić information content (AvgIpc) is 2.80. The molecule has 1 aromatic heterocycles. The molecule has 108 valence electrons. The maximum absolute atomic E-state index is 11.3. The fourth-order valence-corrected chi connectivity index (χ4v) is 3.27. The van der Waals surface area contributed by atoms with Crippen LogP contribution in [0.5, 0.6) is 0 Å². The third kappa shape index (κ3) is 3.08. The maximum Gasteiger partial charge on any atom is 0.323 e. The number of fused-ring (bicyclic) bond motifs is 1. The van der Waals surface area contributed by atoms with Gasteiger partial charge >= 0.3 is 5.69 Å². The van der Waals surface area contributed by atoms with E-state index in [0.717, 1.165) is 30.9 Å². The molecule has 3 aromatic rings. The number of imidazole rings is 1. The van der Waals surface area contributed by atoms with E-state index < -0.39 is 0 Å². The molecule has 0 aliphatic heterocycles. The Morgan fingerprint density at radius 1 is 1.14 bits per heavy atom. The monoisotopic (exact) mass is 413 g/mol. The number of hydrogen-bond acceptors (Lipinski definition) is 2. The molecule has 1 atom stereocenters. The van der Waals surface area contributed by atoms with Gasteiger partial charge in [-0.3, -0.25) is 0 Å². The zero-order valence-electron chi connectivity index (χ0n) is 11.2. The predicted octanol–water partition coefficient (Wildman–Crippen LogP) is 4.29. The summed E-state index contributed by atoms with van der Waals surface area (Å²) in [6.45, 7) is 2.08. The Morgan fingerprint density at radius 3 is 2.67 bits per heavy atom. The van der Waals surface area contributed by atoms with Crippen molar-refractivity contribution in [3.8, 4) is 0 Å². The van der Waals surface area contributed by atoms with Crippen LogP contribution in [0.3, 0.4) is 0 Å². The summed E-state index contributed by atoms with van der Waals surface area (Å²) in [5.41, 5.74) is 3.59. The molecule has 21 heavy (non-hydrogen) atoms. The Bertz CT molecular complexity index is 855. The van der Waals surface area contributed by atoms with E-state index >= 15 is 0 Å². The van der Waals surface area contributed by atoms with Crippen molar-refractivity contribution in [3.63, 3.8) is 0 Å². The normalized spacial score (nSPS) is 12.5. The molecule has 0 saturated carbocycles. The summed E-state index contributed by atoms with van der Waals surface area (Å²) in [5, 5.41) is 4.18. The van der Waals surface area contributed by atoms with E-state index in [2.05, 4.69) is 44.8 Å². The number of H-pyrrole nitrogens is 2. The lowest BCUT2D eigenvalue weighted by atomic mass is 10.1. The Hall–Kier alpha value is -1.47. The third-order valence-electron chi connectivity index (χ3n) is 3.34. The number of aromatic nitrogens is 2. The van der Waals surface area contributed by atoms with Crippen molar-refractivity contribution >= 4 is 50.9 Å². The number of aromatic amines is 2. The molecule has 1 heterocycles. The molecule has 3 N–H and O–H groups in total. The molecule has 0 aliphatic rings. The molecule has 0 fully saturated rings. The van der Waals surface area contributed by atoms with Crippen molar-refractivity contribution in [2.24, 2.45) is 0 Å². The van der Waals surface area contributed by atoms with Crippen molar-refractivity contribution in [2.45, 2.75) is 13.0 Å². The van der Waals surface area contributed by atoms with Gasteiger partial charge in [0.1, 0.15) is 0 Å². The molecule has 4 nitrogen and oxygen atoms in total. The fraction of sp³-hybridized carbons (Fsp3) is 0.133. The minimum absolute atomic E-state index is 0.113. The first kappa shape index (κ1) is 14.5. The molecule has 6 heteroatoms. The summed E-state index contributed by atoms with van der Waals surface area (Å²) in [6, 6.07) is 11.8. The maximum atomic E-state index is 11.3. The van der Waals surface area contributed by atoms with Crippen LogP contribution in [0.25, 0.3) is 11.0 Å². The Morgan fingerprint density at radius 2 is 1.90 bits per heavy atom. The molecule has 3 rings (SSSR count). The first-order valence-corrected chi connectivity index (χ1v) is 7.92. The number of rotatable bonds is 3. The first-order valence-electron chi connectivity index (χ1n) is 6.46. The summed E-state index contributed by atoms with van der Waals surface area (Å²) < 4.78 is 1.07. The van der Waals surface area contributed by atoms with Crippen molar-refractivity contribution in [1.82, 2.24) is 9.97 Å². The van der Waals surface area contributed by atoms with Gasteiger partial charge in [-0.05, 0) is 65.4 Å². The van der Waals surface area contributed by atoms with Crippen LogP contribution in [0.4, 0.5) is 5.69 Å². The van der Waals surface area contributed by atoms with Gasteiger partial charge in [0.15, 0.2) is 0 Å². The van der Waals surface area contributed by atoms with Crippen LogP contribution in [-0.2, 0) is 0 Å². The topological polar surface area (TPSA) is 60.7 Å². The second-order valence-corrected chi connectivity index (χ2v) is 6.47. The van der Waals surface area contributed by atoms with Gasteiger partial charge in [0.05, 0.1) is 11.0 Å². The van der Waals surface area contributed by atoms with Crippen molar-refractivity contribution in [2.75, 3.05) is 5.32 Å². The highest BCUT2D eigenvalue weighted by molar-refractivity contribution is 14.1. The third-order valence-corrected chi connectivity index (χ3v) is 4.47. The quantitative estimate of drug-likeness (QED) is 0.561. The summed E-state index contributed by atoms with van der Waals surface area (Å²) in [6.07, 6.45) is 0. The van der Waals surface area contributed by atoms with Gasteiger partial charge in [-0.1, -0.05) is 17.7 Å². The standard InChI is InChI=1S/C15H13ClIN3O/c1-8(18-12-5-3-10(16)7-11(12)17)9-2-4-13-14(6-9)20-15(21)19-13/h2-8,18H,1H3,(H2,19,20,21). The molecule has 0 spiro atoms. The van der Waals surface area contributed by atoms with Gasteiger partial charge in [-0.25, -0.2) is 4.79 Å². The van der Waals surface area contributed by atoms with E-state index in [1.165, 1.54) is 0 Å². The molecule has 2 aromatic carbocycles. The average molecular weight is 414 g/mol. The second-order valence-electron chi connectivity index (χ2n) is 4.87. The van der Waals surface area contributed by atoms with E-state index in [1.807, 2.05) is 36.4 Å². The largest absolute Gasteiger partial charge is 0.378 e. The molecule has 0 aliphatic carbocycles. The Balaban J connectivity index is 1.89. The van der Waals surface area contributed by atoms with Crippen molar-refractivity contribution < 1.29 is 0 Å². The first-order chi connectivity index (χ1) is 10.0. The zero-order valence-corrected chi connectivity index (χ0v) is 14.1. The van der Waals surface area contributed by atoms with Crippen LogP contribution >= 0.6 is 34.2 Å². The number of benzene rings is 2. The van der Waals surface area contributed by atoms with Crippen molar-refractivity contribution in [1.29, 1.82) is 0 Å². The molecule has 0 radical (unpaired) electrons. The minimum atomic E-state index is -0.185. The van der Waals surface area contributed by atoms with E-state index in [-0.39, 0.29) is 11.7 Å². The lowest BCUT2D eigenvalue weighted by molar-refractivity contribution is 0.885. The summed E-state index contributed by atoms with van der Waals surface area (Å²) in [7, 11) is 0. The zero-order chi connectivity index (χ0) is 15.0. The molecular formula is C15H13ClIN3O. The second kappa shape index (κ2) is 5.73. The van der Waals surface area contributed by atoms with Crippen LogP contribution in [0.1, 0.15) is 18.5 Å². The van der Waals surface area contributed by atoms with Crippen LogP contribution in [0.2, 0.25) is 5.02 Å². The van der Waals surface area contributed by atoms with Gasteiger partial charge in [0, 0.05) is 20.3 Å². The summed E-state index contributed by atoms with van der Waals surface area (Å²) in [4.78, 5) is 16.8. The highest BCUT2D eigenvalue weighted by Gasteiger charge is 2.09. The van der Waals surface area contributed by atoms with E-state index in [0.29, 0.717) is 0 Å². The minimum Gasteiger partial charge on any atom is -0.378 e. The number of halogens is 2. The number of anilines is 1. The van der Waals surface area contributed by atoms with E-state index in [9.17, 15) is 4.79 Å². The van der Waals surface area contributed by atoms with Gasteiger partial charge in [-0.15, -0.1) is 0 Å². The van der Waals surface area contributed by atoms with Crippen LogP contribution in [0.15, 0.2) is 41.2 Å². The number of nitrogens with one attached hydrogen (secondary N) is 3. The van der Waals surface area contributed by atoms with Gasteiger partial charge in [-0.2, -0.15) is 0 Å². The highest BCUT2D eigenvalue weighted by Crippen LogP contribution is 2.27. The van der Waals surface area contributed by atoms with Gasteiger partial charge in [0.25, 0.3) is 0 Å². The highest BCUT2D eigenvalue weighted by atomic mass is 127. The summed E-state index contributed by atoms with van der Waals surface area (Å²) in [5.74, 6) is 0. The number of hydrogen-bond donors (Lipinski definition) is 3.